The summed E-state index contributed by atoms with van der Waals surface area (Å²) in [6.07, 6.45) is 0. The molecule has 0 saturated heterocycles. The first-order valence-electron chi connectivity index (χ1n) is 5.99. The highest BCUT2D eigenvalue weighted by Crippen LogP contribution is 2.28. The van der Waals surface area contributed by atoms with Crippen molar-refractivity contribution in [3.8, 4) is 0 Å². The average Bonchev–Trinajstić information content (AvgIpc) is 2.96. The fraction of sp³-hybridized carbons (Fsp3) is 0.333. The average molecular weight is 294 g/mol. The van der Waals surface area contributed by atoms with Gasteiger partial charge in [0.15, 0.2) is 0 Å². The van der Waals surface area contributed by atoms with Crippen LogP contribution < -0.4 is 5.32 Å². The van der Waals surface area contributed by atoms with Gasteiger partial charge >= 0.3 is 5.97 Å². The van der Waals surface area contributed by atoms with Crippen molar-refractivity contribution < 1.29 is 14.3 Å². The van der Waals surface area contributed by atoms with Gasteiger partial charge in [-0.3, -0.25) is 9.89 Å². The van der Waals surface area contributed by atoms with Crippen molar-refractivity contribution in [3.63, 3.8) is 0 Å². The van der Waals surface area contributed by atoms with Crippen LogP contribution >= 0.6 is 11.3 Å². The first-order valence-corrected chi connectivity index (χ1v) is 6.80. The van der Waals surface area contributed by atoms with Gasteiger partial charge in [-0.05, 0) is 26.8 Å². The Kier molecular flexibility index (Phi) is 4.14. The van der Waals surface area contributed by atoms with E-state index in [0.29, 0.717) is 16.4 Å². The van der Waals surface area contributed by atoms with Crippen LogP contribution in [0, 0.1) is 13.8 Å². The SMILES string of the molecule is CCOC(=O)c1cc(C)sc1NC(=O)c1n[nH]c(C)n1. The summed E-state index contributed by atoms with van der Waals surface area (Å²) in [5.74, 6) is -0.355. The topological polar surface area (TPSA) is 97.0 Å². The van der Waals surface area contributed by atoms with Crippen LogP contribution in [0.3, 0.4) is 0 Å². The Morgan fingerprint density at radius 1 is 1.45 bits per heavy atom. The number of nitrogens with one attached hydrogen (secondary N) is 2. The Morgan fingerprint density at radius 2 is 2.20 bits per heavy atom. The Hall–Kier alpha value is -2.22. The normalized spacial score (nSPS) is 10.3. The van der Waals surface area contributed by atoms with E-state index in [4.69, 9.17) is 4.74 Å². The van der Waals surface area contributed by atoms with Crippen molar-refractivity contribution in [2.75, 3.05) is 11.9 Å². The van der Waals surface area contributed by atoms with Gasteiger partial charge in [-0.15, -0.1) is 16.4 Å². The van der Waals surface area contributed by atoms with Gasteiger partial charge in [0.2, 0.25) is 5.82 Å². The number of ether oxygens (including phenoxy) is 1. The van der Waals surface area contributed by atoms with Crippen molar-refractivity contribution in [1.82, 2.24) is 15.2 Å². The summed E-state index contributed by atoms with van der Waals surface area (Å²) >= 11 is 1.30. The third kappa shape index (κ3) is 3.02. The number of thiophene rings is 1. The second kappa shape index (κ2) is 5.83. The molecule has 0 aliphatic rings. The van der Waals surface area contributed by atoms with Crippen LogP contribution in [0.4, 0.5) is 5.00 Å². The maximum absolute atomic E-state index is 12.0. The van der Waals surface area contributed by atoms with Gasteiger partial charge in [0, 0.05) is 4.88 Å². The Labute approximate surface area is 119 Å². The number of anilines is 1. The van der Waals surface area contributed by atoms with Crippen LogP contribution in [0.5, 0.6) is 0 Å². The molecule has 0 fully saturated rings. The number of hydrogen-bond donors (Lipinski definition) is 2. The molecule has 2 N–H and O–H groups in total. The minimum atomic E-state index is -0.471. The van der Waals surface area contributed by atoms with E-state index in [-0.39, 0.29) is 12.4 Å². The zero-order valence-electron chi connectivity index (χ0n) is 11.3. The fourth-order valence-corrected chi connectivity index (χ4v) is 2.47. The van der Waals surface area contributed by atoms with Crippen LogP contribution in [-0.2, 0) is 4.74 Å². The highest BCUT2D eigenvalue weighted by atomic mass is 32.1. The molecule has 106 valence electrons. The third-order valence-electron chi connectivity index (χ3n) is 2.38. The van der Waals surface area contributed by atoms with Gasteiger partial charge in [-0.1, -0.05) is 0 Å². The van der Waals surface area contributed by atoms with Gasteiger partial charge in [0.25, 0.3) is 5.91 Å². The molecule has 2 aromatic rings. The summed E-state index contributed by atoms with van der Waals surface area (Å²) in [4.78, 5) is 28.6. The van der Waals surface area contributed by atoms with Crippen molar-refractivity contribution in [3.05, 3.63) is 28.2 Å². The zero-order valence-corrected chi connectivity index (χ0v) is 12.1. The summed E-state index contributed by atoms with van der Waals surface area (Å²) in [6.45, 7) is 5.55. The second-order valence-corrected chi connectivity index (χ2v) is 5.28. The lowest BCUT2D eigenvalue weighted by molar-refractivity contribution is 0.0528. The van der Waals surface area contributed by atoms with E-state index in [0.717, 1.165) is 4.88 Å². The molecule has 0 aliphatic carbocycles. The molecular weight excluding hydrogens is 280 g/mol. The fourth-order valence-electron chi connectivity index (χ4n) is 1.57. The minimum Gasteiger partial charge on any atom is -0.462 e. The molecule has 0 aromatic carbocycles. The minimum absolute atomic E-state index is 0.0309. The molecule has 2 aromatic heterocycles. The molecule has 1 amide bonds. The molecule has 0 spiro atoms. The quantitative estimate of drug-likeness (QED) is 0.840. The molecule has 8 heteroatoms. The number of aryl methyl sites for hydroxylation is 2. The maximum Gasteiger partial charge on any atom is 0.341 e. The maximum atomic E-state index is 12.0. The Bertz CT molecular complexity index is 647. The molecule has 2 rings (SSSR count). The molecule has 7 nitrogen and oxygen atoms in total. The summed E-state index contributed by atoms with van der Waals surface area (Å²) in [7, 11) is 0. The number of carbonyl (C=O) groups excluding carboxylic acids is 2. The monoisotopic (exact) mass is 294 g/mol. The molecular formula is C12H14N4O3S. The van der Waals surface area contributed by atoms with E-state index in [2.05, 4.69) is 20.5 Å². The number of carbonyl (C=O) groups is 2. The number of H-pyrrole nitrogens is 1. The molecule has 0 radical (unpaired) electrons. The van der Waals surface area contributed by atoms with Crippen molar-refractivity contribution in [2.24, 2.45) is 0 Å². The molecule has 20 heavy (non-hydrogen) atoms. The number of aromatic amines is 1. The first kappa shape index (κ1) is 14.2. The van der Waals surface area contributed by atoms with E-state index < -0.39 is 11.9 Å². The third-order valence-corrected chi connectivity index (χ3v) is 3.34. The molecule has 0 aliphatic heterocycles. The lowest BCUT2D eigenvalue weighted by atomic mass is 10.3. The van der Waals surface area contributed by atoms with Crippen LogP contribution in [0.25, 0.3) is 0 Å². The molecule has 2 heterocycles. The summed E-state index contributed by atoms with van der Waals surface area (Å²) in [5.41, 5.74) is 0.343. The number of amides is 1. The number of rotatable bonds is 4. The van der Waals surface area contributed by atoms with Gasteiger partial charge in [0.1, 0.15) is 10.8 Å². The van der Waals surface area contributed by atoms with E-state index in [1.54, 1.807) is 19.9 Å². The van der Waals surface area contributed by atoms with Gasteiger partial charge in [0.05, 0.1) is 12.2 Å². The van der Waals surface area contributed by atoms with E-state index in [9.17, 15) is 9.59 Å². The second-order valence-electron chi connectivity index (χ2n) is 4.02. The predicted molar refractivity (Wildman–Crippen MR) is 74.1 cm³/mol. The van der Waals surface area contributed by atoms with E-state index in [1.807, 2.05) is 6.92 Å². The largest absolute Gasteiger partial charge is 0.462 e. The standard InChI is InChI=1S/C12H14N4O3S/c1-4-19-12(18)8-5-6(2)20-11(8)14-10(17)9-13-7(3)15-16-9/h5H,4H2,1-3H3,(H,14,17)(H,13,15,16). The molecule has 0 atom stereocenters. The van der Waals surface area contributed by atoms with Crippen molar-refractivity contribution >= 4 is 28.2 Å². The van der Waals surface area contributed by atoms with Crippen LogP contribution in [0.15, 0.2) is 6.07 Å². The lowest BCUT2D eigenvalue weighted by Gasteiger charge is -2.03. The number of nitrogens with zero attached hydrogens (tertiary/aromatic N) is 2. The van der Waals surface area contributed by atoms with Gasteiger partial charge < -0.3 is 10.1 Å². The summed E-state index contributed by atoms with van der Waals surface area (Å²) in [5, 5.41) is 9.43. The summed E-state index contributed by atoms with van der Waals surface area (Å²) < 4.78 is 4.95. The first-order chi connectivity index (χ1) is 9.51. The number of aromatic nitrogens is 3. The zero-order chi connectivity index (χ0) is 14.7. The van der Waals surface area contributed by atoms with Gasteiger partial charge in [-0.25, -0.2) is 9.78 Å². The van der Waals surface area contributed by atoms with E-state index in [1.165, 1.54) is 11.3 Å². The predicted octanol–water partition coefficient (Wildman–Crippen LogP) is 1.91. The van der Waals surface area contributed by atoms with Crippen LogP contribution in [0.2, 0.25) is 0 Å². The van der Waals surface area contributed by atoms with E-state index >= 15 is 0 Å². The van der Waals surface area contributed by atoms with Crippen LogP contribution in [-0.4, -0.2) is 33.7 Å². The lowest BCUT2D eigenvalue weighted by Crippen LogP contribution is -2.15. The summed E-state index contributed by atoms with van der Waals surface area (Å²) in [6, 6.07) is 1.68. The van der Waals surface area contributed by atoms with Crippen molar-refractivity contribution in [2.45, 2.75) is 20.8 Å². The molecule has 0 saturated carbocycles. The Morgan fingerprint density at radius 3 is 2.80 bits per heavy atom. The molecule has 0 bridgehead atoms. The highest BCUT2D eigenvalue weighted by molar-refractivity contribution is 7.16. The highest BCUT2D eigenvalue weighted by Gasteiger charge is 2.20. The Balaban J connectivity index is 2.21. The number of esters is 1. The smallest absolute Gasteiger partial charge is 0.341 e. The van der Waals surface area contributed by atoms with Crippen LogP contribution in [0.1, 0.15) is 38.6 Å². The number of hydrogen-bond acceptors (Lipinski definition) is 6. The van der Waals surface area contributed by atoms with Gasteiger partial charge in [-0.2, -0.15) is 0 Å². The van der Waals surface area contributed by atoms with Crippen molar-refractivity contribution in [1.29, 1.82) is 0 Å². The molecule has 0 unspecified atom stereocenters.